The van der Waals surface area contributed by atoms with Crippen LogP contribution in [0.1, 0.15) is 118 Å². The predicted molar refractivity (Wildman–Crippen MR) is 194 cm³/mol. The van der Waals surface area contributed by atoms with E-state index >= 15 is 0 Å². The molecule has 1 aliphatic rings. The molecule has 1 saturated heterocycles. The van der Waals surface area contributed by atoms with Gasteiger partial charge >= 0.3 is 7.12 Å². The first kappa shape index (κ1) is 34.5. The summed E-state index contributed by atoms with van der Waals surface area (Å²) in [7, 11) is -1.68. The Morgan fingerprint density at radius 2 is 1.28 bits per heavy atom. The number of benzene rings is 3. The molecule has 46 heavy (non-hydrogen) atoms. The van der Waals surface area contributed by atoms with Gasteiger partial charge in [0.25, 0.3) is 0 Å². The molecule has 1 unspecified atom stereocenters. The maximum atomic E-state index is 10.6. The summed E-state index contributed by atoms with van der Waals surface area (Å²) in [5.74, 6) is 0.459. The van der Waals surface area contributed by atoms with Crippen LogP contribution in [0.5, 0.6) is 5.75 Å². The summed E-state index contributed by atoms with van der Waals surface area (Å²) >= 11 is 0. The first-order chi connectivity index (χ1) is 21.3. The minimum absolute atomic E-state index is 0.0198. The van der Waals surface area contributed by atoms with Crippen molar-refractivity contribution in [3.63, 3.8) is 0 Å². The lowest BCUT2D eigenvalue weighted by atomic mass is 9.71. The topological polar surface area (TPSA) is 63.9 Å². The molecule has 4 aromatic rings. The van der Waals surface area contributed by atoms with E-state index in [0.717, 1.165) is 54.4 Å². The lowest BCUT2D eigenvalue weighted by Gasteiger charge is -2.33. The molecular weight excluding hydrogens is 569 g/mol. The van der Waals surface area contributed by atoms with E-state index < -0.39 is 13.4 Å². The van der Waals surface area contributed by atoms with Gasteiger partial charge in [0.15, 0.2) is 6.29 Å². The van der Waals surface area contributed by atoms with Crippen molar-refractivity contribution < 1.29 is 19.5 Å². The minimum Gasteiger partial charge on any atom is -0.463 e. The Balaban J connectivity index is 1.82. The smallest absolute Gasteiger partial charge is 0.463 e. The summed E-state index contributed by atoms with van der Waals surface area (Å²) < 4.78 is 14.8. The van der Waals surface area contributed by atoms with E-state index in [0.29, 0.717) is 17.8 Å². The van der Waals surface area contributed by atoms with Crippen LogP contribution in [0.15, 0.2) is 48.5 Å². The van der Waals surface area contributed by atoms with Crippen molar-refractivity contribution in [1.82, 2.24) is 4.57 Å². The summed E-state index contributed by atoms with van der Waals surface area (Å²) in [6.07, 6.45) is 4.46. The monoisotopic (exact) mass is 625 g/mol. The largest absolute Gasteiger partial charge is 0.492 e. The standard InChI is InChI=1S/C40H56BNO4/c1-26-20-31(41(43)44)36(46-35-14-12-13-19-45-35)34(21-26)42-32-17-15-27(39(8,9)24-37(2,3)4)22-29(32)30-23-28(16-18-33(30)42)40(10,11)25-38(5,6)7/h15-18,20-23,35,43-44H,12-14,19,24-25H2,1-11H3. The number of ether oxygens (including phenoxy) is 2. The van der Waals surface area contributed by atoms with Crippen molar-refractivity contribution in [3.05, 3.63) is 65.2 Å². The zero-order chi connectivity index (χ0) is 33.8. The Labute approximate surface area is 277 Å². The molecule has 3 aromatic carbocycles. The van der Waals surface area contributed by atoms with Gasteiger partial charge in [-0.1, -0.05) is 87.4 Å². The van der Waals surface area contributed by atoms with Gasteiger partial charge in [0, 0.05) is 22.7 Å². The molecular formula is C40H56BNO4. The van der Waals surface area contributed by atoms with E-state index in [4.69, 9.17) is 9.47 Å². The van der Waals surface area contributed by atoms with Gasteiger partial charge < -0.3 is 24.1 Å². The van der Waals surface area contributed by atoms with Crippen LogP contribution >= 0.6 is 0 Å². The van der Waals surface area contributed by atoms with Gasteiger partial charge in [-0.2, -0.15) is 0 Å². The van der Waals surface area contributed by atoms with Gasteiger partial charge in [0.05, 0.1) is 23.3 Å². The highest BCUT2D eigenvalue weighted by molar-refractivity contribution is 6.60. The highest BCUT2D eigenvalue weighted by Gasteiger charge is 2.32. The van der Waals surface area contributed by atoms with Crippen molar-refractivity contribution in [2.45, 2.75) is 125 Å². The number of nitrogens with zero attached hydrogens (tertiary/aromatic N) is 1. The van der Waals surface area contributed by atoms with Gasteiger partial charge in [0.1, 0.15) is 5.75 Å². The van der Waals surface area contributed by atoms with Crippen molar-refractivity contribution >= 4 is 34.4 Å². The van der Waals surface area contributed by atoms with Gasteiger partial charge in [0.2, 0.25) is 0 Å². The van der Waals surface area contributed by atoms with Crippen LogP contribution in [0.25, 0.3) is 27.5 Å². The Morgan fingerprint density at radius 1 is 0.761 bits per heavy atom. The Morgan fingerprint density at radius 3 is 1.72 bits per heavy atom. The molecule has 5 rings (SSSR count). The quantitative estimate of drug-likeness (QED) is 0.192. The highest BCUT2D eigenvalue weighted by atomic mass is 16.7. The van der Waals surface area contributed by atoms with Gasteiger partial charge in [-0.05, 0) is 101 Å². The maximum absolute atomic E-state index is 10.6. The maximum Gasteiger partial charge on any atom is 0.492 e. The molecule has 0 saturated carbocycles. The van der Waals surface area contributed by atoms with Crippen molar-refractivity contribution in [2.24, 2.45) is 10.8 Å². The fraction of sp³-hybridized carbons (Fsp3) is 0.550. The Bertz CT molecular complexity index is 1630. The van der Waals surface area contributed by atoms with Crippen LogP contribution in [0.3, 0.4) is 0 Å². The lowest BCUT2D eigenvalue weighted by Crippen LogP contribution is -2.35. The van der Waals surface area contributed by atoms with Crippen molar-refractivity contribution in [1.29, 1.82) is 0 Å². The number of aryl methyl sites for hydroxylation is 1. The van der Waals surface area contributed by atoms with Gasteiger partial charge in [-0.25, -0.2) is 0 Å². The molecule has 6 heteroatoms. The number of hydrogen-bond acceptors (Lipinski definition) is 4. The van der Waals surface area contributed by atoms with E-state index in [9.17, 15) is 10.0 Å². The number of rotatable bonds is 8. The second-order valence-corrected chi connectivity index (χ2v) is 17.5. The first-order valence-electron chi connectivity index (χ1n) is 17.1. The Kier molecular flexibility index (Phi) is 9.26. The second kappa shape index (κ2) is 12.3. The van der Waals surface area contributed by atoms with E-state index in [2.05, 4.69) is 116 Å². The zero-order valence-corrected chi connectivity index (χ0v) is 30.2. The van der Waals surface area contributed by atoms with Gasteiger partial charge in [-0.3, -0.25) is 0 Å². The summed E-state index contributed by atoms with van der Waals surface area (Å²) in [5, 5.41) is 23.5. The van der Waals surface area contributed by atoms with E-state index in [1.54, 1.807) is 6.07 Å². The number of aromatic nitrogens is 1. The third-order valence-corrected chi connectivity index (χ3v) is 9.42. The molecule has 1 aromatic heterocycles. The molecule has 1 atom stereocenters. The number of hydrogen-bond donors (Lipinski definition) is 2. The van der Waals surface area contributed by atoms with Crippen LogP contribution in [-0.2, 0) is 15.6 Å². The summed E-state index contributed by atoms with van der Waals surface area (Å²) in [5.41, 5.74) is 7.17. The first-order valence-corrected chi connectivity index (χ1v) is 17.1. The van der Waals surface area contributed by atoms with Crippen LogP contribution < -0.4 is 10.2 Å². The summed E-state index contributed by atoms with van der Waals surface area (Å²) in [4.78, 5) is 0. The minimum atomic E-state index is -1.68. The predicted octanol–water partition coefficient (Wildman–Crippen LogP) is 9.10. The average molecular weight is 626 g/mol. The number of fused-ring (bicyclic) bond motifs is 3. The third kappa shape index (κ3) is 7.35. The third-order valence-electron chi connectivity index (χ3n) is 9.42. The summed E-state index contributed by atoms with van der Waals surface area (Å²) in [6, 6.07) is 17.7. The zero-order valence-electron chi connectivity index (χ0n) is 30.2. The van der Waals surface area contributed by atoms with Crippen molar-refractivity contribution in [2.75, 3.05) is 6.61 Å². The van der Waals surface area contributed by atoms with Gasteiger partial charge in [-0.15, -0.1) is 0 Å². The average Bonchev–Trinajstić information content (AvgIpc) is 3.24. The van der Waals surface area contributed by atoms with Crippen LogP contribution in [0.4, 0.5) is 0 Å². The van der Waals surface area contributed by atoms with Crippen molar-refractivity contribution in [3.8, 4) is 11.4 Å². The normalized spacial score (nSPS) is 16.8. The van der Waals surface area contributed by atoms with Crippen LogP contribution in [0.2, 0.25) is 0 Å². The molecule has 0 radical (unpaired) electrons. The van der Waals surface area contributed by atoms with Crippen LogP contribution in [-0.4, -0.2) is 34.6 Å². The van der Waals surface area contributed by atoms with E-state index in [1.807, 2.05) is 6.92 Å². The molecule has 0 bridgehead atoms. The van der Waals surface area contributed by atoms with Crippen LogP contribution in [0, 0.1) is 17.8 Å². The molecule has 1 aliphatic heterocycles. The molecule has 1 fully saturated rings. The molecule has 248 valence electrons. The SMILES string of the molecule is Cc1cc(B(O)O)c(OC2CCCCO2)c(-n2c3ccc(C(C)(C)CC(C)(C)C)cc3c3cc(C(C)(C)CC(C)(C)C)ccc32)c1. The highest BCUT2D eigenvalue weighted by Crippen LogP contribution is 2.43. The fourth-order valence-corrected chi connectivity index (χ4v) is 8.18. The van der Waals surface area contributed by atoms with E-state index in [1.165, 1.54) is 21.9 Å². The summed E-state index contributed by atoms with van der Waals surface area (Å²) in [6.45, 7) is 25.9. The second-order valence-electron chi connectivity index (χ2n) is 17.5. The molecule has 2 N–H and O–H groups in total. The molecule has 5 nitrogen and oxygen atoms in total. The molecule has 0 amide bonds. The lowest BCUT2D eigenvalue weighted by molar-refractivity contribution is -0.105. The fourth-order valence-electron chi connectivity index (χ4n) is 8.18. The molecule has 2 heterocycles. The Hall–Kier alpha value is -2.80. The van der Waals surface area contributed by atoms with E-state index in [-0.39, 0.29) is 21.7 Å². The molecule has 0 spiro atoms. The molecule has 0 aliphatic carbocycles.